The molecule has 2 aromatic heterocycles. The first-order chi connectivity index (χ1) is 12.8. The summed E-state index contributed by atoms with van der Waals surface area (Å²) in [7, 11) is 0. The fourth-order valence-electron chi connectivity index (χ4n) is 2.35. The number of benzene rings is 1. The highest BCUT2D eigenvalue weighted by atomic mass is 32.2. The molecule has 144 valence electrons. The van der Waals surface area contributed by atoms with Crippen LogP contribution >= 0.6 is 23.1 Å². The number of hydrogen-bond acceptors (Lipinski definition) is 7. The molecule has 2 heterocycles. The van der Waals surface area contributed by atoms with Gasteiger partial charge in [-0.05, 0) is 19.1 Å². The van der Waals surface area contributed by atoms with Crippen LogP contribution < -0.4 is 10.2 Å². The van der Waals surface area contributed by atoms with E-state index in [0.717, 1.165) is 17.4 Å². The molecule has 0 saturated heterocycles. The molecule has 4 N–H and O–H groups in total. The largest absolute Gasteiger partial charge is 0.394 e. The topological polar surface area (TPSA) is 98.2 Å². The van der Waals surface area contributed by atoms with Crippen molar-refractivity contribution in [3.05, 3.63) is 51.1 Å². The number of nitrogens with one attached hydrogen (secondary N) is 2. The van der Waals surface area contributed by atoms with Gasteiger partial charge < -0.3 is 20.5 Å². The molecule has 0 saturated carbocycles. The van der Waals surface area contributed by atoms with Gasteiger partial charge in [0.1, 0.15) is 15.4 Å². The number of fused-ring (bicyclic) bond motifs is 1. The van der Waals surface area contributed by atoms with Gasteiger partial charge in [0.15, 0.2) is 11.6 Å². The van der Waals surface area contributed by atoms with Crippen molar-refractivity contribution in [3.63, 3.8) is 0 Å². The third-order valence-corrected chi connectivity index (χ3v) is 5.66. The highest BCUT2D eigenvalue weighted by molar-refractivity contribution is 7.98. The summed E-state index contributed by atoms with van der Waals surface area (Å²) in [6.07, 6.45) is 0. The predicted octanol–water partition coefficient (Wildman–Crippen LogP) is 2.71. The zero-order chi connectivity index (χ0) is 19.6. The Balaban J connectivity index is 1.94. The second kappa shape index (κ2) is 7.93. The summed E-state index contributed by atoms with van der Waals surface area (Å²) >= 11 is 2.10. The maximum absolute atomic E-state index is 13.8. The first-order valence-corrected chi connectivity index (χ1v) is 9.75. The van der Waals surface area contributed by atoms with Crippen LogP contribution in [0.1, 0.15) is 12.5 Å². The van der Waals surface area contributed by atoms with Gasteiger partial charge in [-0.1, -0.05) is 23.5 Å². The second-order valence-corrected chi connectivity index (χ2v) is 8.16. The van der Waals surface area contributed by atoms with E-state index < -0.39 is 17.2 Å². The number of aromatic nitrogens is 2. The maximum Gasteiger partial charge on any atom is 0.307 e. The van der Waals surface area contributed by atoms with E-state index in [1.165, 1.54) is 23.9 Å². The number of aliphatic hydroxyl groups excluding tert-OH is 2. The Labute approximate surface area is 161 Å². The van der Waals surface area contributed by atoms with Crippen LogP contribution in [0.4, 0.5) is 14.5 Å². The Bertz CT molecular complexity index is 1020. The van der Waals surface area contributed by atoms with Crippen molar-refractivity contribution in [3.8, 4) is 0 Å². The van der Waals surface area contributed by atoms with Crippen LogP contribution in [0.2, 0.25) is 0 Å². The lowest BCUT2D eigenvalue weighted by Crippen LogP contribution is -2.42. The molecule has 0 spiro atoms. The van der Waals surface area contributed by atoms with E-state index in [-0.39, 0.29) is 29.4 Å². The van der Waals surface area contributed by atoms with E-state index in [1.807, 2.05) is 0 Å². The van der Waals surface area contributed by atoms with Crippen molar-refractivity contribution in [2.75, 3.05) is 18.5 Å². The highest BCUT2D eigenvalue weighted by Crippen LogP contribution is 2.31. The third kappa shape index (κ3) is 4.29. The van der Waals surface area contributed by atoms with Gasteiger partial charge in [0, 0.05) is 11.3 Å². The number of hydrogen-bond donors (Lipinski definition) is 4. The van der Waals surface area contributed by atoms with Gasteiger partial charge in [-0.15, -0.1) is 11.8 Å². The van der Waals surface area contributed by atoms with Crippen LogP contribution in [0.3, 0.4) is 0 Å². The number of H-pyrrole nitrogens is 1. The minimum absolute atomic E-state index is 0.151. The minimum atomic E-state index is -1.01. The smallest absolute Gasteiger partial charge is 0.307 e. The highest BCUT2D eigenvalue weighted by Gasteiger charge is 2.24. The normalized spacial score (nSPS) is 11.9. The number of pyridine rings is 1. The lowest BCUT2D eigenvalue weighted by Gasteiger charge is -2.27. The molecule has 0 aliphatic heterocycles. The molecule has 1 aromatic carbocycles. The molecule has 0 aliphatic rings. The number of thiazole rings is 1. The van der Waals surface area contributed by atoms with Gasteiger partial charge in [0.25, 0.3) is 0 Å². The fourth-order valence-corrected chi connectivity index (χ4v) is 4.02. The second-order valence-electron chi connectivity index (χ2n) is 6.21. The lowest BCUT2D eigenvalue weighted by molar-refractivity contribution is 0.147. The number of aromatic amines is 1. The van der Waals surface area contributed by atoms with Gasteiger partial charge in [-0.3, -0.25) is 4.79 Å². The molecule has 0 unspecified atom stereocenters. The van der Waals surface area contributed by atoms with Crippen LogP contribution in [0.25, 0.3) is 10.3 Å². The van der Waals surface area contributed by atoms with Crippen molar-refractivity contribution in [1.29, 1.82) is 0 Å². The Morgan fingerprint density at radius 2 is 2.07 bits per heavy atom. The van der Waals surface area contributed by atoms with Crippen molar-refractivity contribution in [2.45, 2.75) is 23.2 Å². The van der Waals surface area contributed by atoms with Gasteiger partial charge in [-0.2, -0.15) is 0 Å². The van der Waals surface area contributed by atoms with Crippen molar-refractivity contribution >= 4 is 39.1 Å². The van der Waals surface area contributed by atoms with E-state index in [4.69, 9.17) is 0 Å². The Kier molecular flexibility index (Phi) is 5.80. The number of anilines is 1. The number of halogens is 2. The molecular formula is C17H17F2N3O3S2. The van der Waals surface area contributed by atoms with Crippen LogP contribution in [-0.4, -0.2) is 38.9 Å². The molecule has 0 fully saturated rings. The quantitative estimate of drug-likeness (QED) is 0.445. The first kappa shape index (κ1) is 19.7. The zero-order valence-electron chi connectivity index (χ0n) is 14.3. The number of nitrogens with zero attached hydrogens (tertiary/aromatic N) is 1. The molecule has 6 nitrogen and oxygen atoms in total. The predicted molar refractivity (Wildman–Crippen MR) is 102 cm³/mol. The van der Waals surface area contributed by atoms with E-state index >= 15 is 0 Å². The van der Waals surface area contributed by atoms with Gasteiger partial charge >= 0.3 is 4.87 Å². The van der Waals surface area contributed by atoms with E-state index in [9.17, 15) is 23.8 Å². The Hall–Kier alpha value is -2.01. The summed E-state index contributed by atoms with van der Waals surface area (Å²) in [5.41, 5.74) is 0.128. The standard InChI is InChI=1S/C17H17F2N3O3S2/c1-17(7-23,8-24)22-11-5-12(20-15-14(11)21-16(25)27-15)26-6-9-3-2-4-10(18)13(9)19/h2-5,23-24H,6-8H2,1H3,(H,20,22)(H,21,25). The van der Waals surface area contributed by atoms with E-state index in [1.54, 1.807) is 13.0 Å². The van der Waals surface area contributed by atoms with Crippen LogP contribution in [-0.2, 0) is 5.75 Å². The molecular weight excluding hydrogens is 396 g/mol. The Morgan fingerprint density at radius 1 is 1.33 bits per heavy atom. The summed E-state index contributed by atoms with van der Waals surface area (Å²) in [4.78, 5) is 18.9. The first-order valence-electron chi connectivity index (χ1n) is 7.94. The average molecular weight is 413 g/mol. The SMILES string of the molecule is CC(CO)(CO)Nc1cc(SCc2cccc(F)c2F)nc2sc(=O)[nH]c12. The molecule has 0 atom stereocenters. The monoisotopic (exact) mass is 413 g/mol. The van der Waals surface area contributed by atoms with Gasteiger partial charge in [0.2, 0.25) is 0 Å². The summed E-state index contributed by atoms with van der Waals surface area (Å²) in [6, 6.07) is 5.62. The number of aliphatic hydroxyl groups is 2. The molecule has 0 aliphatic carbocycles. The van der Waals surface area contributed by atoms with Crippen molar-refractivity contribution in [2.24, 2.45) is 0 Å². The number of thioether (sulfide) groups is 1. The van der Waals surface area contributed by atoms with Gasteiger partial charge in [0.05, 0.1) is 24.4 Å². The van der Waals surface area contributed by atoms with Crippen LogP contribution in [0.15, 0.2) is 34.1 Å². The van der Waals surface area contributed by atoms with E-state index in [2.05, 4.69) is 15.3 Å². The fraction of sp³-hybridized carbons (Fsp3) is 0.294. The molecule has 10 heteroatoms. The molecule has 0 bridgehead atoms. The maximum atomic E-state index is 13.8. The lowest BCUT2D eigenvalue weighted by atomic mass is 10.1. The molecule has 0 radical (unpaired) electrons. The summed E-state index contributed by atoms with van der Waals surface area (Å²) in [6.45, 7) is 0.954. The molecule has 3 rings (SSSR count). The zero-order valence-corrected chi connectivity index (χ0v) is 15.9. The average Bonchev–Trinajstić information content (AvgIpc) is 3.03. The molecule has 27 heavy (non-hydrogen) atoms. The van der Waals surface area contributed by atoms with Crippen molar-refractivity contribution < 1.29 is 19.0 Å². The van der Waals surface area contributed by atoms with E-state index in [0.29, 0.717) is 21.1 Å². The third-order valence-electron chi connectivity index (χ3n) is 3.92. The summed E-state index contributed by atoms with van der Waals surface area (Å²) in [5.74, 6) is -1.66. The summed E-state index contributed by atoms with van der Waals surface area (Å²) in [5, 5.41) is 22.5. The Morgan fingerprint density at radius 3 is 2.78 bits per heavy atom. The van der Waals surface area contributed by atoms with Crippen LogP contribution in [0, 0.1) is 11.6 Å². The molecule has 3 aromatic rings. The summed E-state index contributed by atoms with van der Waals surface area (Å²) < 4.78 is 27.2. The molecule has 0 amide bonds. The minimum Gasteiger partial charge on any atom is -0.394 e. The van der Waals surface area contributed by atoms with Gasteiger partial charge in [-0.25, -0.2) is 13.8 Å². The van der Waals surface area contributed by atoms with Crippen molar-refractivity contribution in [1.82, 2.24) is 9.97 Å². The number of rotatable bonds is 7. The van der Waals surface area contributed by atoms with Crippen LogP contribution in [0.5, 0.6) is 0 Å².